The number of nitriles is 1. The average molecular weight is 322 g/mol. The molecule has 0 aliphatic rings. The number of aromatic amines is 1. The van der Waals surface area contributed by atoms with Crippen LogP contribution in [0.5, 0.6) is 0 Å². The predicted molar refractivity (Wildman–Crippen MR) is 86.4 cm³/mol. The number of nitro groups is 1. The van der Waals surface area contributed by atoms with E-state index < -0.39 is 10.9 Å². The van der Waals surface area contributed by atoms with Crippen molar-refractivity contribution in [1.82, 2.24) is 4.98 Å². The minimum absolute atomic E-state index is 0.124. The van der Waals surface area contributed by atoms with Gasteiger partial charge >= 0.3 is 5.97 Å². The smallest absolute Gasteiger partial charge is 0.352 e. The summed E-state index contributed by atoms with van der Waals surface area (Å²) in [6, 6.07) is 12.9. The second-order valence-electron chi connectivity index (χ2n) is 4.98. The highest BCUT2D eigenvalue weighted by atomic mass is 16.6. The fourth-order valence-electron chi connectivity index (χ4n) is 2.40. The van der Waals surface area contributed by atoms with E-state index in [0.717, 1.165) is 0 Å². The molecule has 0 radical (unpaired) electrons. The summed E-state index contributed by atoms with van der Waals surface area (Å²) in [7, 11) is 0. The van der Waals surface area contributed by atoms with Gasteiger partial charge in [0.25, 0.3) is 5.69 Å². The maximum Gasteiger partial charge on any atom is 0.352 e. The molecule has 3 N–H and O–H groups in total. The molecule has 0 saturated heterocycles. The van der Waals surface area contributed by atoms with Gasteiger partial charge in [-0.15, -0.1) is 0 Å². The van der Waals surface area contributed by atoms with Crippen LogP contribution < -0.4 is 5.32 Å². The van der Waals surface area contributed by atoms with Crippen LogP contribution in [-0.4, -0.2) is 21.0 Å². The number of rotatable bonds is 4. The highest BCUT2D eigenvalue weighted by Gasteiger charge is 2.19. The fraction of sp³-hybridized carbons (Fsp3) is 0. The molecule has 1 aromatic heterocycles. The van der Waals surface area contributed by atoms with Crippen molar-refractivity contribution < 1.29 is 14.8 Å². The topological polar surface area (TPSA) is 132 Å². The van der Waals surface area contributed by atoms with Gasteiger partial charge in [0.05, 0.1) is 16.6 Å². The Morgan fingerprint density at radius 1 is 1.29 bits per heavy atom. The van der Waals surface area contributed by atoms with E-state index in [1.165, 1.54) is 18.2 Å². The van der Waals surface area contributed by atoms with Crippen molar-refractivity contribution in [3.63, 3.8) is 0 Å². The van der Waals surface area contributed by atoms with Gasteiger partial charge in [-0.3, -0.25) is 10.1 Å². The predicted octanol–water partition coefficient (Wildman–Crippen LogP) is 3.39. The van der Waals surface area contributed by atoms with Gasteiger partial charge in [0.1, 0.15) is 11.2 Å². The van der Waals surface area contributed by atoms with Crippen LogP contribution in [0.1, 0.15) is 16.1 Å². The SMILES string of the molecule is N#Cc1cccc(Nc2ccc([N+](=O)[O-])c3[nH]c(C(=O)O)cc23)c1. The number of aromatic nitrogens is 1. The van der Waals surface area contributed by atoms with E-state index in [0.29, 0.717) is 22.3 Å². The largest absolute Gasteiger partial charge is 0.477 e. The molecular weight excluding hydrogens is 312 g/mol. The molecule has 24 heavy (non-hydrogen) atoms. The minimum atomic E-state index is -1.21. The molecule has 0 fully saturated rings. The van der Waals surface area contributed by atoms with E-state index in [4.69, 9.17) is 10.4 Å². The van der Waals surface area contributed by atoms with Crippen LogP contribution in [0.3, 0.4) is 0 Å². The molecule has 0 atom stereocenters. The van der Waals surface area contributed by atoms with Crippen LogP contribution in [-0.2, 0) is 0 Å². The summed E-state index contributed by atoms with van der Waals surface area (Å²) < 4.78 is 0. The molecule has 8 heteroatoms. The number of nitrogens with zero attached hydrogens (tertiary/aromatic N) is 2. The summed E-state index contributed by atoms with van der Waals surface area (Å²) in [5.41, 5.74) is 1.33. The average Bonchev–Trinajstić information content (AvgIpc) is 3.01. The zero-order valence-corrected chi connectivity index (χ0v) is 12.1. The summed E-state index contributed by atoms with van der Waals surface area (Å²) in [6.07, 6.45) is 0. The molecule has 0 saturated carbocycles. The number of carboxylic acid groups (broad SMARTS) is 1. The first kappa shape index (κ1) is 15.1. The highest BCUT2D eigenvalue weighted by molar-refractivity contribution is 6.03. The Morgan fingerprint density at radius 2 is 2.08 bits per heavy atom. The van der Waals surface area contributed by atoms with Crippen LogP contribution in [0.15, 0.2) is 42.5 Å². The molecule has 3 rings (SSSR count). The Labute approximate surface area is 135 Å². The number of carbonyl (C=O) groups is 1. The Kier molecular flexibility index (Phi) is 3.60. The minimum Gasteiger partial charge on any atom is -0.477 e. The van der Waals surface area contributed by atoms with Crippen molar-refractivity contribution >= 4 is 33.9 Å². The lowest BCUT2D eigenvalue weighted by molar-refractivity contribution is -0.383. The number of aromatic carboxylic acids is 1. The third-order valence-electron chi connectivity index (χ3n) is 3.47. The number of fused-ring (bicyclic) bond motifs is 1. The van der Waals surface area contributed by atoms with E-state index in [1.54, 1.807) is 24.3 Å². The van der Waals surface area contributed by atoms with Gasteiger partial charge in [-0.2, -0.15) is 5.26 Å². The Balaban J connectivity index is 2.14. The molecule has 2 aromatic carbocycles. The highest BCUT2D eigenvalue weighted by Crippen LogP contribution is 2.33. The van der Waals surface area contributed by atoms with Crippen LogP contribution in [0.2, 0.25) is 0 Å². The number of hydrogen-bond acceptors (Lipinski definition) is 5. The summed E-state index contributed by atoms with van der Waals surface area (Å²) in [5, 5.41) is 32.6. The lowest BCUT2D eigenvalue weighted by Crippen LogP contribution is -1.95. The van der Waals surface area contributed by atoms with E-state index in [-0.39, 0.29) is 16.9 Å². The number of H-pyrrole nitrogens is 1. The monoisotopic (exact) mass is 322 g/mol. The number of hydrogen-bond donors (Lipinski definition) is 3. The van der Waals surface area contributed by atoms with Gasteiger partial charge in [-0.25, -0.2) is 4.79 Å². The fourth-order valence-corrected chi connectivity index (χ4v) is 2.40. The lowest BCUT2D eigenvalue weighted by atomic mass is 10.1. The first-order valence-electron chi connectivity index (χ1n) is 6.80. The van der Waals surface area contributed by atoms with Crippen molar-refractivity contribution in [2.75, 3.05) is 5.32 Å². The number of nitrogens with one attached hydrogen (secondary N) is 2. The Bertz CT molecular complexity index is 1020. The maximum absolute atomic E-state index is 11.1. The van der Waals surface area contributed by atoms with Gasteiger partial charge in [-0.1, -0.05) is 6.07 Å². The lowest BCUT2D eigenvalue weighted by Gasteiger charge is -2.08. The third kappa shape index (κ3) is 2.62. The molecule has 8 nitrogen and oxygen atoms in total. The number of anilines is 2. The molecule has 3 aromatic rings. The summed E-state index contributed by atoms with van der Waals surface area (Å²) in [4.78, 5) is 24.3. The van der Waals surface area contributed by atoms with Crippen molar-refractivity contribution in [3.8, 4) is 6.07 Å². The molecule has 0 bridgehead atoms. The second kappa shape index (κ2) is 5.73. The summed E-state index contributed by atoms with van der Waals surface area (Å²) in [5.74, 6) is -1.21. The van der Waals surface area contributed by atoms with Crippen LogP contribution >= 0.6 is 0 Å². The molecule has 0 aliphatic heterocycles. The van der Waals surface area contributed by atoms with Gasteiger partial charge in [0.15, 0.2) is 0 Å². The van der Waals surface area contributed by atoms with Crippen LogP contribution in [0.25, 0.3) is 10.9 Å². The summed E-state index contributed by atoms with van der Waals surface area (Å²) >= 11 is 0. The standard InChI is InChI=1S/C16H10N4O4/c17-8-9-2-1-3-10(6-9)18-12-4-5-14(20(23)24)15-11(12)7-13(19-15)16(21)22/h1-7,18-19H,(H,21,22). The summed E-state index contributed by atoms with van der Waals surface area (Å²) in [6.45, 7) is 0. The van der Waals surface area contributed by atoms with E-state index in [1.807, 2.05) is 6.07 Å². The van der Waals surface area contributed by atoms with E-state index in [2.05, 4.69) is 10.3 Å². The van der Waals surface area contributed by atoms with E-state index in [9.17, 15) is 14.9 Å². The molecule has 0 aliphatic carbocycles. The molecule has 0 unspecified atom stereocenters. The molecule has 118 valence electrons. The van der Waals surface area contributed by atoms with Gasteiger partial charge in [0, 0.05) is 22.8 Å². The number of non-ortho nitro benzene ring substituents is 1. The van der Waals surface area contributed by atoms with Crippen molar-refractivity contribution in [1.29, 1.82) is 5.26 Å². The Hall–Kier alpha value is -3.86. The van der Waals surface area contributed by atoms with Crippen molar-refractivity contribution in [3.05, 3.63) is 63.8 Å². The van der Waals surface area contributed by atoms with Gasteiger partial charge in [0.2, 0.25) is 0 Å². The molecule has 0 amide bonds. The Morgan fingerprint density at radius 3 is 2.75 bits per heavy atom. The quantitative estimate of drug-likeness (QED) is 0.498. The normalized spacial score (nSPS) is 10.3. The van der Waals surface area contributed by atoms with E-state index >= 15 is 0 Å². The number of benzene rings is 2. The van der Waals surface area contributed by atoms with Crippen molar-refractivity contribution in [2.24, 2.45) is 0 Å². The maximum atomic E-state index is 11.1. The second-order valence-corrected chi connectivity index (χ2v) is 4.98. The zero-order valence-electron chi connectivity index (χ0n) is 12.1. The van der Waals surface area contributed by atoms with Crippen molar-refractivity contribution in [2.45, 2.75) is 0 Å². The number of nitro benzene ring substituents is 1. The third-order valence-corrected chi connectivity index (χ3v) is 3.47. The first-order chi connectivity index (χ1) is 11.5. The van der Waals surface area contributed by atoms with Gasteiger partial charge < -0.3 is 15.4 Å². The zero-order chi connectivity index (χ0) is 17.3. The van der Waals surface area contributed by atoms with Gasteiger partial charge in [-0.05, 0) is 30.3 Å². The first-order valence-corrected chi connectivity index (χ1v) is 6.80. The molecule has 0 spiro atoms. The molecular formula is C16H10N4O4. The molecule has 1 heterocycles. The van der Waals surface area contributed by atoms with Crippen LogP contribution in [0, 0.1) is 21.4 Å². The number of carboxylic acids is 1. The van der Waals surface area contributed by atoms with Crippen LogP contribution in [0.4, 0.5) is 17.1 Å².